The molecule has 0 saturated carbocycles. The minimum atomic E-state index is -5.89. The van der Waals surface area contributed by atoms with Gasteiger partial charge in [0.15, 0.2) is 0 Å². The van der Waals surface area contributed by atoms with Crippen LogP contribution in [0.5, 0.6) is 0 Å². The predicted octanol–water partition coefficient (Wildman–Crippen LogP) is 3.03. The van der Waals surface area contributed by atoms with Crippen LogP contribution in [0.25, 0.3) is 0 Å². The Bertz CT molecular complexity index is 344. The zero-order valence-electron chi connectivity index (χ0n) is 7.47. The smallest absolute Gasteiger partial charge is 0.368 e. The van der Waals surface area contributed by atoms with Crippen molar-refractivity contribution in [2.45, 2.75) is 25.4 Å². The maximum atomic E-state index is 12.3. The molecule has 0 unspecified atom stereocenters. The van der Waals surface area contributed by atoms with Gasteiger partial charge in [-0.15, -0.1) is 0 Å². The molecule has 0 aliphatic heterocycles. The van der Waals surface area contributed by atoms with E-state index in [4.69, 9.17) is 5.11 Å². The first-order valence-electron chi connectivity index (χ1n) is 3.88. The molecule has 0 aliphatic carbocycles. The van der Waals surface area contributed by atoms with Crippen molar-refractivity contribution in [3.8, 4) is 0 Å². The van der Waals surface area contributed by atoms with Gasteiger partial charge in [-0.05, 0) is 12.1 Å². The molecule has 0 spiro atoms. The van der Waals surface area contributed by atoms with E-state index in [1.165, 1.54) is 0 Å². The molecule has 0 fully saturated rings. The Balaban J connectivity index is 0.00000256. The van der Waals surface area contributed by atoms with Gasteiger partial charge in [-0.3, -0.25) is 4.98 Å². The highest BCUT2D eigenvalue weighted by molar-refractivity contribution is 5.18. The number of nitrogens with zero attached hydrogens (tertiary/aromatic N) is 1. The first-order chi connectivity index (χ1) is 7.11. The molecule has 0 bridgehead atoms. The minimum absolute atomic E-state index is 0. The van der Waals surface area contributed by atoms with Crippen molar-refractivity contribution in [3.05, 3.63) is 30.1 Å². The summed E-state index contributed by atoms with van der Waals surface area (Å²) in [5, 5.41) is 8.84. The van der Waals surface area contributed by atoms with Gasteiger partial charge in [0.2, 0.25) is 0 Å². The lowest BCUT2D eigenvalue weighted by Gasteiger charge is -2.31. The van der Waals surface area contributed by atoms with Gasteiger partial charge in [0, 0.05) is 6.20 Å². The van der Waals surface area contributed by atoms with Crippen LogP contribution in [0.1, 0.15) is 13.1 Å². The topological polar surface area (TPSA) is 33.1 Å². The van der Waals surface area contributed by atoms with Gasteiger partial charge >= 0.3 is 12.4 Å². The van der Waals surface area contributed by atoms with Crippen molar-refractivity contribution < 1.29 is 31.4 Å². The predicted molar refractivity (Wildman–Crippen MR) is 47.0 cm³/mol. The third-order valence-electron chi connectivity index (χ3n) is 1.86. The van der Waals surface area contributed by atoms with Crippen LogP contribution in [0.2, 0.25) is 0 Å². The van der Waals surface area contributed by atoms with Crippen molar-refractivity contribution in [1.82, 2.24) is 4.98 Å². The van der Waals surface area contributed by atoms with Crippen LogP contribution in [0.4, 0.5) is 26.3 Å². The van der Waals surface area contributed by atoms with Crippen molar-refractivity contribution in [2.75, 3.05) is 0 Å². The molecule has 0 aliphatic rings. The average Bonchev–Trinajstić information content (AvgIpc) is 2.14. The van der Waals surface area contributed by atoms with Crippen LogP contribution >= 0.6 is 0 Å². The highest BCUT2D eigenvalue weighted by Gasteiger charge is 2.72. The molecule has 2 nitrogen and oxygen atoms in total. The molecule has 0 aromatic carbocycles. The van der Waals surface area contributed by atoms with Gasteiger partial charge in [0.1, 0.15) is 0 Å². The second kappa shape index (κ2) is 4.52. The average molecular weight is 261 g/mol. The standard InChI is InChI=1S/C8H5F6NO.CH4/c9-7(10,11)6(16,8(12,13)14)5-3-1-2-4-15-5;/h1-4,16H;1H4. The molecule has 1 N–H and O–H groups in total. The molecular weight excluding hydrogens is 252 g/mol. The Morgan fingerprint density at radius 2 is 1.41 bits per heavy atom. The number of aliphatic hydroxyl groups is 1. The minimum Gasteiger partial charge on any atom is -0.368 e. The van der Waals surface area contributed by atoms with Crippen LogP contribution in [0.3, 0.4) is 0 Å². The lowest BCUT2D eigenvalue weighted by molar-refractivity contribution is -0.377. The number of alkyl halides is 6. The highest BCUT2D eigenvalue weighted by Crippen LogP contribution is 2.49. The van der Waals surface area contributed by atoms with E-state index >= 15 is 0 Å². The molecule has 1 aromatic rings. The van der Waals surface area contributed by atoms with Crippen LogP contribution in [-0.4, -0.2) is 22.4 Å². The number of halogens is 6. The summed E-state index contributed by atoms with van der Waals surface area (Å²) in [7, 11) is 0. The van der Waals surface area contributed by atoms with Crippen LogP contribution in [0.15, 0.2) is 24.4 Å². The number of hydrogen-bond acceptors (Lipinski definition) is 2. The number of pyridine rings is 1. The van der Waals surface area contributed by atoms with Crippen LogP contribution in [-0.2, 0) is 5.60 Å². The van der Waals surface area contributed by atoms with E-state index in [0.29, 0.717) is 6.07 Å². The SMILES string of the molecule is C.OC(c1ccccn1)(C(F)(F)F)C(F)(F)F. The third-order valence-corrected chi connectivity index (χ3v) is 1.86. The quantitative estimate of drug-likeness (QED) is 0.788. The monoisotopic (exact) mass is 261 g/mol. The third kappa shape index (κ3) is 2.51. The zero-order chi connectivity index (χ0) is 12.6. The van der Waals surface area contributed by atoms with Gasteiger partial charge in [0.25, 0.3) is 5.60 Å². The summed E-state index contributed by atoms with van der Waals surface area (Å²) in [6.45, 7) is 0. The van der Waals surface area contributed by atoms with E-state index in [0.717, 1.165) is 18.3 Å². The fraction of sp³-hybridized carbons (Fsp3) is 0.444. The molecular formula is C9H9F6NO. The van der Waals surface area contributed by atoms with Gasteiger partial charge in [-0.1, -0.05) is 13.5 Å². The molecule has 0 amide bonds. The Morgan fingerprint density at radius 3 is 1.71 bits per heavy atom. The van der Waals surface area contributed by atoms with E-state index in [1.807, 2.05) is 0 Å². The van der Waals surface area contributed by atoms with E-state index < -0.39 is 23.6 Å². The zero-order valence-corrected chi connectivity index (χ0v) is 7.47. The van der Waals surface area contributed by atoms with Crippen molar-refractivity contribution in [2.24, 2.45) is 0 Å². The van der Waals surface area contributed by atoms with Gasteiger partial charge in [0.05, 0.1) is 5.69 Å². The van der Waals surface area contributed by atoms with Crippen molar-refractivity contribution in [1.29, 1.82) is 0 Å². The first kappa shape index (κ1) is 15.7. The molecule has 0 radical (unpaired) electrons. The second-order valence-electron chi connectivity index (χ2n) is 2.92. The lowest BCUT2D eigenvalue weighted by Crippen LogP contribution is -2.54. The Kier molecular flexibility index (Phi) is 4.17. The van der Waals surface area contributed by atoms with E-state index in [9.17, 15) is 26.3 Å². The molecule has 8 heteroatoms. The van der Waals surface area contributed by atoms with E-state index in [-0.39, 0.29) is 7.43 Å². The normalized spacial score (nSPS) is 13.1. The maximum Gasteiger partial charge on any atom is 0.432 e. The molecule has 1 heterocycles. The summed E-state index contributed by atoms with van der Waals surface area (Å²) in [4.78, 5) is 2.89. The summed E-state index contributed by atoms with van der Waals surface area (Å²) in [5.74, 6) is 0. The van der Waals surface area contributed by atoms with E-state index in [1.54, 1.807) is 0 Å². The molecule has 1 rings (SSSR count). The fourth-order valence-corrected chi connectivity index (χ4v) is 1.03. The summed E-state index contributed by atoms with van der Waals surface area (Å²) in [5.41, 5.74) is -6.45. The van der Waals surface area contributed by atoms with Crippen molar-refractivity contribution >= 4 is 0 Å². The fourth-order valence-electron chi connectivity index (χ4n) is 1.03. The molecule has 17 heavy (non-hydrogen) atoms. The first-order valence-corrected chi connectivity index (χ1v) is 3.88. The largest absolute Gasteiger partial charge is 0.432 e. The number of hydrogen-bond donors (Lipinski definition) is 1. The Labute approximate surface area is 92.9 Å². The van der Waals surface area contributed by atoms with Gasteiger partial charge in [-0.2, -0.15) is 26.3 Å². The highest BCUT2D eigenvalue weighted by atomic mass is 19.4. The summed E-state index contributed by atoms with van der Waals surface area (Å²) in [6, 6.07) is 2.52. The molecule has 0 saturated heterocycles. The lowest BCUT2D eigenvalue weighted by atomic mass is 9.97. The summed E-state index contributed by atoms with van der Waals surface area (Å²) in [6.07, 6.45) is -11.0. The maximum absolute atomic E-state index is 12.3. The Morgan fingerprint density at radius 1 is 0.941 bits per heavy atom. The Hall–Kier alpha value is -1.31. The molecule has 98 valence electrons. The van der Waals surface area contributed by atoms with Crippen LogP contribution < -0.4 is 0 Å². The number of rotatable bonds is 1. The molecule has 1 aromatic heterocycles. The van der Waals surface area contributed by atoms with Crippen LogP contribution in [0, 0.1) is 0 Å². The molecule has 0 atom stereocenters. The second-order valence-corrected chi connectivity index (χ2v) is 2.92. The van der Waals surface area contributed by atoms with Gasteiger partial charge < -0.3 is 5.11 Å². The van der Waals surface area contributed by atoms with E-state index in [2.05, 4.69) is 4.98 Å². The van der Waals surface area contributed by atoms with Gasteiger partial charge in [-0.25, -0.2) is 0 Å². The summed E-state index contributed by atoms with van der Waals surface area (Å²) < 4.78 is 73.7. The summed E-state index contributed by atoms with van der Waals surface area (Å²) >= 11 is 0. The van der Waals surface area contributed by atoms with Crippen molar-refractivity contribution in [3.63, 3.8) is 0 Å². The number of aromatic nitrogens is 1.